The van der Waals surface area contributed by atoms with Crippen LogP contribution in [0.15, 0.2) is 12.1 Å². The average Bonchev–Trinajstić information content (AvgIpc) is 2.71. The maximum absolute atomic E-state index is 11.0. The molecule has 96 valence electrons. The number of aromatic nitrogens is 2. The number of β-amino-alcohol motifs (C(OH)–C–C–N with tert-alkyl or cyclic N) is 1. The number of aliphatic hydroxyl groups is 1. The highest BCUT2D eigenvalue weighted by molar-refractivity contribution is 5.90. The van der Waals surface area contributed by atoms with E-state index in [1.165, 1.54) is 17.0 Å². The van der Waals surface area contributed by atoms with Crippen LogP contribution >= 0.6 is 0 Å². The lowest BCUT2D eigenvalue weighted by Crippen LogP contribution is -2.36. The van der Waals surface area contributed by atoms with E-state index in [1.54, 1.807) is 0 Å². The van der Waals surface area contributed by atoms with Crippen molar-refractivity contribution in [2.75, 3.05) is 11.4 Å². The van der Waals surface area contributed by atoms with Crippen molar-refractivity contribution < 1.29 is 19.8 Å². The van der Waals surface area contributed by atoms with Gasteiger partial charge in [-0.25, -0.2) is 4.79 Å². The van der Waals surface area contributed by atoms with Crippen LogP contribution in [0.5, 0.6) is 0 Å². The zero-order chi connectivity index (χ0) is 13.3. The molecule has 0 spiro atoms. The standard InChI is InChI=1S/C10H12N4O4/c11-9(16)6-1-2-8(13-12-6)14-4-5(15)3-7(14)10(17)18/h1-2,5,7,15H,3-4H2,(H2,11,16)(H,17,18). The summed E-state index contributed by atoms with van der Waals surface area (Å²) in [6.45, 7) is 0.168. The number of aliphatic hydroxyl groups excluding tert-OH is 1. The number of carbonyl (C=O) groups excluding carboxylic acids is 1. The van der Waals surface area contributed by atoms with Gasteiger partial charge in [0, 0.05) is 13.0 Å². The van der Waals surface area contributed by atoms with Crippen LogP contribution in [0.4, 0.5) is 5.82 Å². The molecular formula is C10H12N4O4. The third kappa shape index (κ3) is 2.23. The van der Waals surface area contributed by atoms with Gasteiger partial charge in [0.25, 0.3) is 5.91 Å². The molecule has 2 atom stereocenters. The molecule has 4 N–H and O–H groups in total. The van der Waals surface area contributed by atoms with Crippen LogP contribution in [0.25, 0.3) is 0 Å². The van der Waals surface area contributed by atoms with Crippen molar-refractivity contribution in [3.63, 3.8) is 0 Å². The number of nitrogens with two attached hydrogens (primary N) is 1. The normalized spacial score (nSPS) is 23.1. The van der Waals surface area contributed by atoms with Crippen LogP contribution in [0.2, 0.25) is 0 Å². The van der Waals surface area contributed by atoms with Crippen molar-refractivity contribution in [3.8, 4) is 0 Å². The Labute approximate surface area is 102 Å². The van der Waals surface area contributed by atoms with Crippen LogP contribution in [-0.4, -0.2) is 51.0 Å². The summed E-state index contributed by atoms with van der Waals surface area (Å²) in [6, 6.07) is 1.99. The first-order valence-corrected chi connectivity index (χ1v) is 5.30. The van der Waals surface area contributed by atoms with Gasteiger partial charge in [0.2, 0.25) is 0 Å². The first-order chi connectivity index (χ1) is 8.49. The third-order valence-electron chi connectivity index (χ3n) is 2.76. The molecule has 8 heteroatoms. The third-order valence-corrected chi connectivity index (χ3v) is 2.76. The second-order valence-corrected chi connectivity index (χ2v) is 4.04. The first-order valence-electron chi connectivity index (χ1n) is 5.30. The van der Waals surface area contributed by atoms with E-state index in [2.05, 4.69) is 10.2 Å². The molecule has 0 saturated carbocycles. The maximum Gasteiger partial charge on any atom is 0.326 e. The van der Waals surface area contributed by atoms with E-state index < -0.39 is 24.0 Å². The Bertz CT molecular complexity index is 475. The van der Waals surface area contributed by atoms with Gasteiger partial charge < -0.3 is 20.8 Å². The summed E-state index contributed by atoms with van der Waals surface area (Å²) in [7, 11) is 0. The monoisotopic (exact) mass is 252 g/mol. The van der Waals surface area contributed by atoms with Gasteiger partial charge in [-0.05, 0) is 12.1 Å². The Morgan fingerprint density at radius 1 is 1.39 bits per heavy atom. The lowest BCUT2D eigenvalue weighted by Gasteiger charge is -2.21. The minimum absolute atomic E-state index is 0.00497. The van der Waals surface area contributed by atoms with E-state index in [4.69, 9.17) is 10.8 Å². The van der Waals surface area contributed by atoms with Crippen LogP contribution in [0, 0.1) is 0 Å². The number of hydrogen-bond donors (Lipinski definition) is 3. The molecule has 1 aromatic rings. The van der Waals surface area contributed by atoms with Crippen LogP contribution in [-0.2, 0) is 4.79 Å². The Kier molecular flexibility index (Phi) is 3.11. The summed E-state index contributed by atoms with van der Waals surface area (Å²) in [4.78, 5) is 23.3. The van der Waals surface area contributed by atoms with Gasteiger partial charge in [-0.15, -0.1) is 10.2 Å². The number of hydrogen-bond acceptors (Lipinski definition) is 6. The fraction of sp³-hybridized carbons (Fsp3) is 0.400. The molecule has 8 nitrogen and oxygen atoms in total. The predicted octanol–water partition coefficient (Wildman–Crippen LogP) is -1.40. The molecule has 18 heavy (non-hydrogen) atoms. The quantitative estimate of drug-likeness (QED) is 0.603. The molecule has 2 rings (SSSR count). The Balaban J connectivity index is 2.24. The van der Waals surface area contributed by atoms with E-state index in [9.17, 15) is 14.7 Å². The Morgan fingerprint density at radius 3 is 2.61 bits per heavy atom. The molecule has 1 aromatic heterocycles. The number of nitrogens with zero attached hydrogens (tertiary/aromatic N) is 3. The van der Waals surface area contributed by atoms with Gasteiger partial charge in [0.05, 0.1) is 6.10 Å². The first kappa shape index (κ1) is 12.2. The van der Waals surface area contributed by atoms with Crippen molar-refractivity contribution in [1.82, 2.24) is 10.2 Å². The fourth-order valence-corrected chi connectivity index (χ4v) is 1.91. The number of aliphatic carboxylic acids is 1. The number of carboxylic acid groups (broad SMARTS) is 1. The number of rotatable bonds is 3. The molecule has 1 aliphatic heterocycles. The van der Waals surface area contributed by atoms with E-state index >= 15 is 0 Å². The van der Waals surface area contributed by atoms with Gasteiger partial charge in [0.1, 0.15) is 6.04 Å². The van der Waals surface area contributed by atoms with E-state index in [0.717, 1.165) is 0 Å². The highest BCUT2D eigenvalue weighted by atomic mass is 16.4. The highest BCUT2D eigenvalue weighted by Crippen LogP contribution is 2.23. The van der Waals surface area contributed by atoms with E-state index in [0.29, 0.717) is 5.82 Å². The molecule has 1 aliphatic rings. The smallest absolute Gasteiger partial charge is 0.326 e. The van der Waals surface area contributed by atoms with Crippen molar-refractivity contribution >= 4 is 17.7 Å². The van der Waals surface area contributed by atoms with Gasteiger partial charge in [0.15, 0.2) is 11.5 Å². The molecular weight excluding hydrogens is 240 g/mol. The van der Waals surface area contributed by atoms with Crippen molar-refractivity contribution in [2.24, 2.45) is 5.73 Å². The molecule has 0 bridgehead atoms. The minimum Gasteiger partial charge on any atom is -0.480 e. The molecule has 2 heterocycles. The molecule has 0 aliphatic carbocycles. The van der Waals surface area contributed by atoms with Crippen LogP contribution < -0.4 is 10.6 Å². The summed E-state index contributed by atoms with van der Waals surface area (Å²) in [5.41, 5.74) is 5.03. The number of anilines is 1. The highest BCUT2D eigenvalue weighted by Gasteiger charge is 2.36. The summed E-state index contributed by atoms with van der Waals surface area (Å²) in [6.07, 6.45) is -0.585. The molecule has 1 saturated heterocycles. The Morgan fingerprint density at radius 2 is 2.11 bits per heavy atom. The van der Waals surface area contributed by atoms with Crippen LogP contribution in [0.1, 0.15) is 16.9 Å². The number of amides is 1. The number of carboxylic acids is 1. The van der Waals surface area contributed by atoms with E-state index in [1.807, 2.05) is 0 Å². The topological polar surface area (TPSA) is 130 Å². The minimum atomic E-state index is -1.03. The SMILES string of the molecule is NC(=O)c1ccc(N2CC(O)CC2C(=O)O)nn1. The van der Waals surface area contributed by atoms with Gasteiger partial charge in [-0.2, -0.15) is 0 Å². The largest absolute Gasteiger partial charge is 0.480 e. The van der Waals surface area contributed by atoms with Gasteiger partial charge in [-0.1, -0.05) is 0 Å². The second-order valence-electron chi connectivity index (χ2n) is 4.04. The molecule has 1 fully saturated rings. The second kappa shape index (κ2) is 4.57. The summed E-state index contributed by atoms with van der Waals surface area (Å²) >= 11 is 0. The van der Waals surface area contributed by atoms with Crippen molar-refractivity contribution in [2.45, 2.75) is 18.6 Å². The number of carbonyl (C=O) groups is 2. The zero-order valence-electron chi connectivity index (χ0n) is 9.35. The van der Waals surface area contributed by atoms with Gasteiger partial charge in [-0.3, -0.25) is 4.79 Å². The van der Waals surface area contributed by atoms with Crippen LogP contribution in [0.3, 0.4) is 0 Å². The Hall–Kier alpha value is -2.22. The summed E-state index contributed by atoms with van der Waals surface area (Å²) < 4.78 is 0. The fourth-order valence-electron chi connectivity index (χ4n) is 1.91. The molecule has 0 radical (unpaired) electrons. The van der Waals surface area contributed by atoms with E-state index in [-0.39, 0.29) is 18.7 Å². The number of primary amides is 1. The molecule has 0 aromatic carbocycles. The summed E-state index contributed by atoms with van der Waals surface area (Å²) in [5, 5.41) is 25.9. The summed E-state index contributed by atoms with van der Waals surface area (Å²) in [5.74, 6) is -1.44. The van der Waals surface area contributed by atoms with Crippen molar-refractivity contribution in [3.05, 3.63) is 17.8 Å². The molecule has 1 amide bonds. The maximum atomic E-state index is 11.0. The zero-order valence-corrected chi connectivity index (χ0v) is 9.35. The lowest BCUT2D eigenvalue weighted by molar-refractivity contribution is -0.138. The predicted molar refractivity (Wildman–Crippen MR) is 59.9 cm³/mol. The average molecular weight is 252 g/mol. The van der Waals surface area contributed by atoms with Crippen molar-refractivity contribution in [1.29, 1.82) is 0 Å². The lowest BCUT2D eigenvalue weighted by atomic mass is 10.2. The molecule has 2 unspecified atom stereocenters. The van der Waals surface area contributed by atoms with Gasteiger partial charge >= 0.3 is 5.97 Å².